The third-order valence-electron chi connectivity index (χ3n) is 5.06. The van der Waals surface area contributed by atoms with Gasteiger partial charge in [0.1, 0.15) is 10.8 Å². The molecule has 0 aromatic heterocycles. The summed E-state index contributed by atoms with van der Waals surface area (Å²) in [6, 6.07) is 4.90. The van der Waals surface area contributed by atoms with E-state index in [1.54, 1.807) is 6.07 Å². The topological polar surface area (TPSA) is 38.0 Å². The lowest BCUT2D eigenvalue weighted by Gasteiger charge is -2.09. The highest BCUT2D eigenvalue weighted by atomic mass is 32.1. The van der Waals surface area contributed by atoms with E-state index in [1.807, 2.05) is 6.07 Å². The van der Waals surface area contributed by atoms with Crippen LogP contribution in [0.15, 0.2) is 18.2 Å². The number of hydrogen-bond acceptors (Lipinski definition) is 2. The van der Waals surface area contributed by atoms with Crippen molar-refractivity contribution < 1.29 is 4.39 Å². The zero-order chi connectivity index (χ0) is 14.4. The average molecular weight is 280 g/mol. The molecule has 104 valence electrons. The standard InChI is InChI=1S/C15H21FN2S/c1-14(2)12(15(14,3)4)8-18-9-5-6-10(13(17)19)11(16)7-9/h5-7,12,18H,8H2,1-4H3,(H2,17,19). The van der Waals surface area contributed by atoms with Crippen LogP contribution in [0.4, 0.5) is 10.1 Å². The first-order valence-corrected chi connectivity index (χ1v) is 6.92. The van der Waals surface area contributed by atoms with Gasteiger partial charge in [-0.15, -0.1) is 0 Å². The fourth-order valence-corrected chi connectivity index (χ4v) is 3.05. The van der Waals surface area contributed by atoms with E-state index in [4.69, 9.17) is 18.0 Å². The predicted molar refractivity (Wildman–Crippen MR) is 81.8 cm³/mol. The summed E-state index contributed by atoms with van der Waals surface area (Å²) < 4.78 is 13.7. The maximum atomic E-state index is 13.7. The zero-order valence-electron chi connectivity index (χ0n) is 11.9. The Morgan fingerprint density at radius 3 is 2.32 bits per heavy atom. The first-order chi connectivity index (χ1) is 8.68. The van der Waals surface area contributed by atoms with Crippen molar-refractivity contribution in [3.63, 3.8) is 0 Å². The van der Waals surface area contributed by atoms with E-state index in [2.05, 4.69) is 33.0 Å². The van der Waals surface area contributed by atoms with Gasteiger partial charge in [-0.3, -0.25) is 0 Å². The third kappa shape index (κ3) is 2.34. The van der Waals surface area contributed by atoms with Crippen LogP contribution in [0.5, 0.6) is 0 Å². The number of anilines is 1. The van der Waals surface area contributed by atoms with Gasteiger partial charge in [0, 0.05) is 17.8 Å². The number of rotatable bonds is 4. The quantitative estimate of drug-likeness (QED) is 0.828. The van der Waals surface area contributed by atoms with Crippen molar-refractivity contribution >= 4 is 22.9 Å². The van der Waals surface area contributed by atoms with Gasteiger partial charge in [0.2, 0.25) is 0 Å². The molecule has 1 aromatic rings. The lowest BCUT2D eigenvalue weighted by molar-refractivity contribution is 0.457. The van der Waals surface area contributed by atoms with Crippen molar-refractivity contribution in [3.05, 3.63) is 29.6 Å². The minimum atomic E-state index is -0.369. The Balaban J connectivity index is 2.02. The number of hydrogen-bond donors (Lipinski definition) is 2. The van der Waals surface area contributed by atoms with Gasteiger partial charge in [0.15, 0.2) is 0 Å². The number of benzene rings is 1. The summed E-state index contributed by atoms with van der Waals surface area (Å²) in [6.07, 6.45) is 0. The molecule has 2 nitrogen and oxygen atoms in total. The molecule has 4 heteroatoms. The molecule has 0 bridgehead atoms. The highest BCUT2D eigenvalue weighted by Crippen LogP contribution is 2.68. The number of nitrogens with two attached hydrogens (primary N) is 1. The number of thiocarbonyl (C=S) groups is 1. The second-order valence-electron chi connectivity index (χ2n) is 6.44. The highest BCUT2D eigenvalue weighted by molar-refractivity contribution is 7.80. The molecule has 0 heterocycles. The fourth-order valence-electron chi connectivity index (χ4n) is 2.89. The fraction of sp³-hybridized carbons (Fsp3) is 0.533. The largest absolute Gasteiger partial charge is 0.389 e. The molecule has 0 unspecified atom stereocenters. The zero-order valence-corrected chi connectivity index (χ0v) is 12.7. The van der Waals surface area contributed by atoms with Gasteiger partial charge >= 0.3 is 0 Å². The van der Waals surface area contributed by atoms with Crippen LogP contribution in [0.25, 0.3) is 0 Å². The third-order valence-corrected chi connectivity index (χ3v) is 5.28. The summed E-state index contributed by atoms with van der Waals surface area (Å²) in [4.78, 5) is 0.0912. The van der Waals surface area contributed by atoms with Crippen LogP contribution in [-0.2, 0) is 0 Å². The Morgan fingerprint density at radius 2 is 1.89 bits per heavy atom. The molecule has 3 N–H and O–H groups in total. The molecule has 19 heavy (non-hydrogen) atoms. The Kier molecular flexibility index (Phi) is 3.33. The first kappa shape index (κ1) is 14.3. The van der Waals surface area contributed by atoms with Gasteiger partial charge in [-0.05, 0) is 34.9 Å². The molecule has 1 fully saturated rings. The summed E-state index contributed by atoms with van der Waals surface area (Å²) >= 11 is 4.79. The van der Waals surface area contributed by atoms with E-state index in [0.717, 1.165) is 12.2 Å². The van der Waals surface area contributed by atoms with Crippen LogP contribution < -0.4 is 11.1 Å². The molecule has 0 aliphatic heterocycles. The van der Waals surface area contributed by atoms with E-state index in [1.165, 1.54) is 6.07 Å². The maximum Gasteiger partial charge on any atom is 0.135 e. The summed E-state index contributed by atoms with van der Waals surface area (Å²) in [5, 5.41) is 3.30. The second-order valence-corrected chi connectivity index (χ2v) is 6.88. The molecule has 1 aliphatic carbocycles. The van der Waals surface area contributed by atoms with Crippen molar-refractivity contribution in [2.75, 3.05) is 11.9 Å². The summed E-state index contributed by atoms with van der Waals surface area (Å²) in [7, 11) is 0. The highest BCUT2D eigenvalue weighted by Gasteiger charge is 2.63. The lowest BCUT2D eigenvalue weighted by Crippen LogP contribution is -2.13. The monoisotopic (exact) mass is 280 g/mol. The van der Waals surface area contributed by atoms with Crippen LogP contribution >= 0.6 is 12.2 Å². The molecule has 0 radical (unpaired) electrons. The van der Waals surface area contributed by atoms with Gasteiger partial charge in [0.05, 0.1) is 0 Å². The molecule has 0 atom stereocenters. The summed E-state index contributed by atoms with van der Waals surface area (Å²) in [5.74, 6) is 0.227. The molecule has 1 aromatic carbocycles. The molecular formula is C15H21FN2S. The lowest BCUT2D eigenvalue weighted by atomic mass is 10.0. The minimum Gasteiger partial charge on any atom is -0.389 e. The Labute approximate surface area is 119 Å². The van der Waals surface area contributed by atoms with Gasteiger partial charge in [-0.2, -0.15) is 0 Å². The van der Waals surface area contributed by atoms with Crippen LogP contribution in [0.1, 0.15) is 33.3 Å². The van der Waals surface area contributed by atoms with E-state index >= 15 is 0 Å². The minimum absolute atomic E-state index is 0.0912. The average Bonchev–Trinajstić information content (AvgIpc) is 2.66. The van der Waals surface area contributed by atoms with E-state index in [-0.39, 0.29) is 10.8 Å². The summed E-state index contributed by atoms with van der Waals surface area (Å²) in [5.41, 5.74) is 7.17. The van der Waals surface area contributed by atoms with Gasteiger partial charge in [-0.1, -0.05) is 39.9 Å². The van der Waals surface area contributed by atoms with Crippen LogP contribution in [0.2, 0.25) is 0 Å². The predicted octanol–water partition coefficient (Wildman–Crippen LogP) is 3.55. The van der Waals surface area contributed by atoms with Crippen LogP contribution in [0, 0.1) is 22.6 Å². The van der Waals surface area contributed by atoms with Crippen molar-refractivity contribution in [1.82, 2.24) is 0 Å². The molecule has 2 rings (SSSR count). The van der Waals surface area contributed by atoms with Crippen molar-refractivity contribution in [2.24, 2.45) is 22.5 Å². The molecule has 0 amide bonds. The van der Waals surface area contributed by atoms with Crippen molar-refractivity contribution in [1.29, 1.82) is 0 Å². The van der Waals surface area contributed by atoms with Gasteiger partial charge in [-0.25, -0.2) is 4.39 Å². The molecular weight excluding hydrogens is 259 g/mol. The van der Waals surface area contributed by atoms with E-state index in [9.17, 15) is 4.39 Å². The molecule has 0 saturated heterocycles. The van der Waals surface area contributed by atoms with Crippen molar-refractivity contribution in [2.45, 2.75) is 27.7 Å². The Bertz CT molecular complexity index is 509. The number of nitrogens with one attached hydrogen (secondary N) is 1. The normalized spacial score (nSPS) is 20.1. The van der Waals surface area contributed by atoms with Crippen molar-refractivity contribution in [3.8, 4) is 0 Å². The molecule has 1 aliphatic rings. The van der Waals surface area contributed by atoms with Crippen LogP contribution in [0.3, 0.4) is 0 Å². The Hall–Kier alpha value is -1.16. The maximum absolute atomic E-state index is 13.7. The summed E-state index contributed by atoms with van der Waals surface area (Å²) in [6.45, 7) is 9.95. The van der Waals surface area contributed by atoms with Crippen LogP contribution in [-0.4, -0.2) is 11.5 Å². The SMILES string of the molecule is CC1(C)C(CNc2ccc(C(N)=S)c(F)c2)C1(C)C. The van der Waals surface area contributed by atoms with E-state index < -0.39 is 0 Å². The van der Waals surface area contributed by atoms with Gasteiger partial charge < -0.3 is 11.1 Å². The first-order valence-electron chi connectivity index (χ1n) is 6.51. The van der Waals surface area contributed by atoms with Gasteiger partial charge in [0.25, 0.3) is 0 Å². The smallest absolute Gasteiger partial charge is 0.135 e. The molecule has 0 spiro atoms. The Morgan fingerprint density at radius 1 is 1.32 bits per heavy atom. The van der Waals surface area contributed by atoms with E-state index in [0.29, 0.717) is 22.3 Å². The molecule has 1 saturated carbocycles. The number of halogens is 1. The second kappa shape index (κ2) is 4.44.